The highest BCUT2D eigenvalue weighted by Crippen LogP contribution is 2.27. The minimum absolute atomic E-state index is 0.0817. The van der Waals surface area contributed by atoms with Crippen LogP contribution in [-0.4, -0.2) is 54.6 Å². The fourth-order valence-corrected chi connectivity index (χ4v) is 4.75. The average molecular weight is 415 g/mol. The molecular formula is C20H21N3O5S. The lowest BCUT2D eigenvalue weighted by Crippen LogP contribution is -2.50. The number of amides is 1. The highest BCUT2D eigenvalue weighted by atomic mass is 32.2. The van der Waals surface area contributed by atoms with Gasteiger partial charge in [-0.05, 0) is 24.1 Å². The summed E-state index contributed by atoms with van der Waals surface area (Å²) in [5.74, 6) is -0.186. The first-order valence-electron chi connectivity index (χ1n) is 9.07. The summed E-state index contributed by atoms with van der Waals surface area (Å²) >= 11 is 0. The van der Waals surface area contributed by atoms with Gasteiger partial charge in [0.1, 0.15) is 0 Å². The van der Waals surface area contributed by atoms with Crippen LogP contribution in [0.25, 0.3) is 5.57 Å². The summed E-state index contributed by atoms with van der Waals surface area (Å²) < 4.78 is 26.9. The smallest absolute Gasteiger partial charge is 0.289 e. The Labute approximate surface area is 169 Å². The molecular weight excluding hydrogens is 394 g/mol. The first-order valence-corrected chi connectivity index (χ1v) is 10.5. The van der Waals surface area contributed by atoms with Crippen LogP contribution in [0, 0.1) is 10.1 Å². The Hall–Kier alpha value is -3.04. The summed E-state index contributed by atoms with van der Waals surface area (Å²) in [4.78, 5) is 24.3. The van der Waals surface area contributed by atoms with Crippen molar-refractivity contribution in [2.45, 2.75) is 11.8 Å². The fourth-order valence-electron chi connectivity index (χ4n) is 3.17. The molecule has 2 aromatic carbocycles. The van der Waals surface area contributed by atoms with Gasteiger partial charge in [-0.15, -0.1) is 0 Å². The number of nitro benzene ring substituents is 1. The van der Waals surface area contributed by atoms with Crippen molar-refractivity contribution in [3.63, 3.8) is 0 Å². The van der Waals surface area contributed by atoms with Gasteiger partial charge >= 0.3 is 0 Å². The molecule has 3 rings (SSSR count). The lowest BCUT2D eigenvalue weighted by atomic mass is 10.1. The van der Waals surface area contributed by atoms with Gasteiger partial charge in [0.15, 0.2) is 4.90 Å². The van der Waals surface area contributed by atoms with E-state index in [4.69, 9.17) is 0 Å². The second kappa shape index (κ2) is 8.54. The highest BCUT2D eigenvalue weighted by Gasteiger charge is 2.34. The number of allylic oxidation sites excluding steroid dienone is 1. The van der Waals surface area contributed by atoms with Crippen LogP contribution < -0.4 is 0 Å². The molecule has 1 aliphatic heterocycles. The van der Waals surface area contributed by atoms with Crippen molar-refractivity contribution in [1.82, 2.24) is 9.21 Å². The van der Waals surface area contributed by atoms with Crippen molar-refractivity contribution in [3.8, 4) is 0 Å². The number of piperazine rings is 1. The first kappa shape index (κ1) is 20.7. The molecule has 0 saturated carbocycles. The summed E-state index contributed by atoms with van der Waals surface area (Å²) in [6.07, 6.45) is 1.54. The number of carbonyl (C=O) groups excluding carboxylic acids is 1. The van der Waals surface area contributed by atoms with Crippen LogP contribution in [0.5, 0.6) is 0 Å². The Morgan fingerprint density at radius 2 is 1.59 bits per heavy atom. The van der Waals surface area contributed by atoms with Gasteiger partial charge in [0.2, 0.25) is 15.9 Å². The number of hydrogen-bond acceptors (Lipinski definition) is 5. The molecule has 0 N–H and O–H groups in total. The number of nitrogens with zero attached hydrogens (tertiary/aromatic N) is 3. The van der Waals surface area contributed by atoms with E-state index in [9.17, 15) is 23.3 Å². The van der Waals surface area contributed by atoms with Gasteiger partial charge in [0, 0.05) is 38.3 Å². The number of hydrogen-bond donors (Lipinski definition) is 0. The van der Waals surface area contributed by atoms with Crippen LogP contribution in [0.15, 0.2) is 65.6 Å². The zero-order valence-electron chi connectivity index (χ0n) is 15.9. The van der Waals surface area contributed by atoms with E-state index < -0.39 is 20.6 Å². The number of para-hydroxylation sites is 1. The van der Waals surface area contributed by atoms with Gasteiger partial charge < -0.3 is 4.90 Å². The largest absolute Gasteiger partial charge is 0.337 e. The highest BCUT2D eigenvalue weighted by molar-refractivity contribution is 7.89. The lowest BCUT2D eigenvalue weighted by molar-refractivity contribution is -0.387. The van der Waals surface area contributed by atoms with Crippen molar-refractivity contribution < 1.29 is 18.1 Å². The molecule has 1 fully saturated rings. The van der Waals surface area contributed by atoms with Crippen LogP contribution in [0.1, 0.15) is 12.5 Å². The third-order valence-corrected chi connectivity index (χ3v) is 6.75. The maximum Gasteiger partial charge on any atom is 0.289 e. The van der Waals surface area contributed by atoms with Gasteiger partial charge in [-0.25, -0.2) is 8.42 Å². The maximum atomic E-state index is 12.9. The molecule has 1 saturated heterocycles. The Bertz CT molecular complexity index is 1040. The Morgan fingerprint density at radius 3 is 2.21 bits per heavy atom. The molecule has 0 atom stereocenters. The number of rotatable bonds is 5. The van der Waals surface area contributed by atoms with Gasteiger partial charge in [0.05, 0.1) is 4.92 Å². The van der Waals surface area contributed by atoms with Gasteiger partial charge in [-0.2, -0.15) is 4.31 Å². The zero-order chi connectivity index (χ0) is 21.0. The van der Waals surface area contributed by atoms with E-state index in [1.807, 2.05) is 37.3 Å². The zero-order valence-corrected chi connectivity index (χ0v) is 16.7. The molecule has 0 spiro atoms. The molecule has 0 radical (unpaired) electrons. The minimum atomic E-state index is -4.01. The minimum Gasteiger partial charge on any atom is -0.337 e. The summed E-state index contributed by atoms with van der Waals surface area (Å²) in [5.41, 5.74) is 1.32. The third-order valence-electron chi connectivity index (χ3n) is 4.80. The molecule has 0 unspecified atom stereocenters. The van der Waals surface area contributed by atoms with E-state index in [-0.39, 0.29) is 37.0 Å². The van der Waals surface area contributed by atoms with Crippen molar-refractivity contribution in [1.29, 1.82) is 0 Å². The topological polar surface area (TPSA) is 101 Å². The van der Waals surface area contributed by atoms with Crippen LogP contribution >= 0.6 is 0 Å². The van der Waals surface area contributed by atoms with Crippen LogP contribution in [0.2, 0.25) is 0 Å². The van der Waals surface area contributed by atoms with Crippen molar-refractivity contribution in [3.05, 3.63) is 76.4 Å². The molecule has 8 nitrogen and oxygen atoms in total. The van der Waals surface area contributed by atoms with Crippen molar-refractivity contribution in [2.24, 2.45) is 0 Å². The Morgan fingerprint density at radius 1 is 1.00 bits per heavy atom. The number of nitro groups is 1. The van der Waals surface area contributed by atoms with Crippen LogP contribution in [0.4, 0.5) is 5.69 Å². The Balaban J connectivity index is 1.70. The van der Waals surface area contributed by atoms with E-state index in [0.29, 0.717) is 0 Å². The van der Waals surface area contributed by atoms with Crippen LogP contribution in [0.3, 0.4) is 0 Å². The monoisotopic (exact) mass is 415 g/mol. The summed E-state index contributed by atoms with van der Waals surface area (Å²) in [6.45, 7) is 2.45. The molecule has 0 aromatic heterocycles. The van der Waals surface area contributed by atoms with Gasteiger partial charge in [-0.3, -0.25) is 14.9 Å². The second-order valence-corrected chi connectivity index (χ2v) is 8.55. The second-order valence-electron chi connectivity index (χ2n) is 6.65. The number of benzene rings is 2. The van der Waals surface area contributed by atoms with E-state index >= 15 is 0 Å². The molecule has 1 amide bonds. The maximum absolute atomic E-state index is 12.9. The summed E-state index contributed by atoms with van der Waals surface area (Å²) in [7, 11) is -4.01. The predicted molar refractivity (Wildman–Crippen MR) is 109 cm³/mol. The molecule has 0 bridgehead atoms. The standard InChI is InChI=1S/C20H21N3O5S/c1-16(17-7-3-2-4-8-17)15-20(24)21-11-13-22(14-12-21)29(27,28)19-10-6-5-9-18(19)23(25)26/h2-10,15H,11-14H2,1H3/b16-15-. The Kier molecular flexibility index (Phi) is 6.09. The van der Waals surface area contributed by atoms with E-state index in [0.717, 1.165) is 11.1 Å². The van der Waals surface area contributed by atoms with Gasteiger partial charge in [-0.1, -0.05) is 42.5 Å². The molecule has 9 heteroatoms. The SMILES string of the molecule is C/C(=C/C(=O)N1CCN(S(=O)(=O)c2ccccc2[N+](=O)[O-])CC1)c1ccccc1. The molecule has 1 heterocycles. The van der Waals surface area contributed by atoms with Crippen molar-refractivity contribution in [2.75, 3.05) is 26.2 Å². The summed E-state index contributed by atoms with van der Waals surface area (Å²) in [5, 5.41) is 11.2. The summed E-state index contributed by atoms with van der Waals surface area (Å²) in [6, 6.07) is 14.8. The predicted octanol–water partition coefficient (Wildman–Crippen LogP) is 2.53. The van der Waals surface area contributed by atoms with E-state index in [1.165, 1.54) is 28.6 Å². The van der Waals surface area contributed by atoms with Gasteiger partial charge in [0.25, 0.3) is 5.69 Å². The normalized spacial score (nSPS) is 15.9. The van der Waals surface area contributed by atoms with Crippen molar-refractivity contribution >= 4 is 27.2 Å². The fraction of sp³-hybridized carbons (Fsp3) is 0.250. The molecule has 1 aliphatic rings. The first-order chi connectivity index (χ1) is 13.8. The number of carbonyl (C=O) groups is 1. The van der Waals surface area contributed by atoms with Crippen LogP contribution in [-0.2, 0) is 14.8 Å². The third kappa shape index (κ3) is 4.52. The molecule has 2 aromatic rings. The average Bonchev–Trinajstić information content (AvgIpc) is 2.74. The molecule has 0 aliphatic carbocycles. The molecule has 29 heavy (non-hydrogen) atoms. The van der Waals surface area contributed by atoms with E-state index in [2.05, 4.69) is 0 Å². The van der Waals surface area contributed by atoms with E-state index in [1.54, 1.807) is 11.0 Å². The quantitative estimate of drug-likeness (QED) is 0.424. The lowest BCUT2D eigenvalue weighted by Gasteiger charge is -2.33. The number of sulfonamides is 1. The molecule has 152 valence electrons.